The molecule has 0 radical (unpaired) electrons. The molecule has 0 bridgehead atoms. The molecule has 1 aliphatic rings. The molecule has 0 saturated heterocycles. The summed E-state index contributed by atoms with van der Waals surface area (Å²) in [5.41, 5.74) is 2.23. The van der Waals surface area contributed by atoms with E-state index < -0.39 is 21.5 Å². The molecule has 1 aliphatic carbocycles. The minimum absolute atomic E-state index is 0.169. The minimum atomic E-state index is -4.07. The van der Waals surface area contributed by atoms with Gasteiger partial charge < -0.3 is 4.74 Å². The van der Waals surface area contributed by atoms with Crippen molar-refractivity contribution in [3.63, 3.8) is 0 Å². The summed E-state index contributed by atoms with van der Waals surface area (Å²) in [4.78, 5) is 17.9. The Labute approximate surface area is 224 Å². The molecule has 3 aromatic carbocycles. The Morgan fingerprint density at radius 2 is 1.58 bits per heavy atom. The molecule has 4 aromatic rings. The van der Waals surface area contributed by atoms with Crippen LogP contribution < -0.4 is 4.74 Å². The number of para-hydroxylation sites is 1. The summed E-state index contributed by atoms with van der Waals surface area (Å²) in [6, 6.07) is 26.3. The van der Waals surface area contributed by atoms with Crippen molar-refractivity contribution in [3.8, 4) is 5.75 Å². The smallest absolute Gasteiger partial charge is 0.267 e. The van der Waals surface area contributed by atoms with Crippen LogP contribution in [0.2, 0.25) is 0 Å². The van der Waals surface area contributed by atoms with Crippen LogP contribution in [0.15, 0.2) is 89.8 Å². The van der Waals surface area contributed by atoms with Crippen LogP contribution in [0.5, 0.6) is 5.75 Å². The zero-order valence-electron chi connectivity index (χ0n) is 21.8. The SMILES string of the molecule is CC(=O)N(C1(c2ccc(OCc3ccc4ccccc4n3)cc2)CCCCC1)S(=O)(=O)c1ccccc1C. The third-order valence-corrected chi connectivity index (χ3v) is 9.50. The lowest BCUT2D eigenvalue weighted by Gasteiger charge is -2.45. The van der Waals surface area contributed by atoms with Crippen LogP contribution in [-0.4, -0.2) is 23.6 Å². The molecule has 1 heterocycles. The zero-order valence-corrected chi connectivity index (χ0v) is 22.6. The van der Waals surface area contributed by atoms with Gasteiger partial charge in [0, 0.05) is 12.3 Å². The third-order valence-electron chi connectivity index (χ3n) is 7.40. The normalized spacial score (nSPS) is 15.2. The first-order chi connectivity index (χ1) is 18.3. The van der Waals surface area contributed by atoms with E-state index in [1.165, 1.54) is 6.92 Å². The number of benzene rings is 3. The lowest BCUT2D eigenvalue weighted by Crippen LogP contribution is -2.52. The van der Waals surface area contributed by atoms with E-state index in [1.807, 2.05) is 60.7 Å². The summed E-state index contributed by atoms with van der Waals surface area (Å²) >= 11 is 0. The number of nitrogens with zero attached hydrogens (tertiary/aromatic N) is 2. The van der Waals surface area contributed by atoms with Gasteiger partial charge in [0.25, 0.3) is 10.0 Å². The van der Waals surface area contributed by atoms with Crippen LogP contribution in [0, 0.1) is 6.92 Å². The maximum atomic E-state index is 14.0. The lowest BCUT2D eigenvalue weighted by molar-refractivity contribution is -0.129. The average molecular weight is 529 g/mol. The van der Waals surface area contributed by atoms with Crippen LogP contribution in [-0.2, 0) is 27.0 Å². The lowest BCUT2D eigenvalue weighted by atomic mass is 9.76. The van der Waals surface area contributed by atoms with Crippen molar-refractivity contribution in [1.82, 2.24) is 9.29 Å². The molecular formula is C31H32N2O4S. The van der Waals surface area contributed by atoms with Gasteiger partial charge in [-0.25, -0.2) is 17.7 Å². The molecule has 1 fully saturated rings. The predicted molar refractivity (Wildman–Crippen MR) is 148 cm³/mol. The first kappa shape index (κ1) is 25.9. The summed E-state index contributed by atoms with van der Waals surface area (Å²) in [5.74, 6) is 0.184. The van der Waals surface area contributed by atoms with E-state index in [2.05, 4.69) is 4.98 Å². The van der Waals surface area contributed by atoms with Crippen molar-refractivity contribution in [2.24, 2.45) is 0 Å². The number of fused-ring (bicyclic) bond motifs is 1. The van der Waals surface area contributed by atoms with Crippen molar-refractivity contribution >= 4 is 26.8 Å². The number of amides is 1. The molecule has 0 unspecified atom stereocenters. The number of aryl methyl sites for hydroxylation is 1. The summed E-state index contributed by atoms with van der Waals surface area (Å²) in [6.07, 6.45) is 3.87. The molecule has 6 nitrogen and oxygen atoms in total. The fourth-order valence-corrected chi connectivity index (χ4v) is 7.61. The van der Waals surface area contributed by atoms with Gasteiger partial charge in [-0.3, -0.25) is 4.79 Å². The molecule has 196 valence electrons. The third kappa shape index (κ3) is 4.90. The Kier molecular flexibility index (Phi) is 7.21. The number of sulfonamides is 1. The second-order valence-electron chi connectivity index (χ2n) is 9.95. The standard InChI is InChI=1S/C31H32N2O4S/c1-23-10-4-7-13-30(23)38(35,36)33(24(2)34)31(20-8-3-9-21-31)26-15-18-28(19-16-26)37-22-27-17-14-25-11-5-6-12-29(25)32-27/h4-7,10-19H,3,8-9,20-22H2,1-2H3. The molecule has 7 heteroatoms. The second kappa shape index (κ2) is 10.6. The Bertz CT molecular complexity index is 1560. The van der Waals surface area contributed by atoms with Gasteiger partial charge in [0.05, 0.1) is 21.6 Å². The highest BCUT2D eigenvalue weighted by Gasteiger charge is 2.48. The molecule has 5 rings (SSSR count). The molecule has 0 spiro atoms. The largest absolute Gasteiger partial charge is 0.487 e. The van der Waals surface area contributed by atoms with Crippen LogP contribution >= 0.6 is 0 Å². The van der Waals surface area contributed by atoms with Crippen LogP contribution in [0.1, 0.15) is 55.8 Å². The van der Waals surface area contributed by atoms with E-state index in [4.69, 9.17) is 4.74 Å². The first-order valence-corrected chi connectivity index (χ1v) is 14.4. The highest BCUT2D eigenvalue weighted by molar-refractivity contribution is 7.89. The zero-order chi connectivity index (χ0) is 26.8. The van der Waals surface area contributed by atoms with E-state index in [9.17, 15) is 13.2 Å². The van der Waals surface area contributed by atoms with E-state index in [-0.39, 0.29) is 4.90 Å². The number of hydrogen-bond acceptors (Lipinski definition) is 5. The van der Waals surface area contributed by atoms with E-state index >= 15 is 0 Å². The maximum absolute atomic E-state index is 14.0. The van der Waals surface area contributed by atoms with Gasteiger partial charge in [-0.1, -0.05) is 73.9 Å². The average Bonchev–Trinajstić information content (AvgIpc) is 2.92. The highest BCUT2D eigenvalue weighted by Crippen LogP contribution is 2.45. The Balaban J connectivity index is 1.45. The fourth-order valence-electron chi connectivity index (χ4n) is 5.60. The Morgan fingerprint density at radius 1 is 0.895 bits per heavy atom. The molecular weight excluding hydrogens is 496 g/mol. The molecule has 0 aliphatic heterocycles. The quantitative estimate of drug-likeness (QED) is 0.273. The monoisotopic (exact) mass is 528 g/mol. The molecule has 0 N–H and O–H groups in total. The predicted octanol–water partition coefficient (Wildman–Crippen LogP) is 6.52. The number of aromatic nitrogens is 1. The summed E-state index contributed by atoms with van der Waals surface area (Å²) in [7, 11) is -4.07. The maximum Gasteiger partial charge on any atom is 0.267 e. The molecule has 1 aromatic heterocycles. The van der Waals surface area contributed by atoms with Gasteiger partial charge in [0.2, 0.25) is 5.91 Å². The Morgan fingerprint density at radius 3 is 2.29 bits per heavy atom. The van der Waals surface area contributed by atoms with Gasteiger partial charge >= 0.3 is 0 Å². The fraction of sp³-hybridized carbons (Fsp3) is 0.290. The number of carbonyl (C=O) groups is 1. The highest BCUT2D eigenvalue weighted by atomic mass is 32.2. The van der Waals surface area contributed by atoms with Crippen LogP contribution in [0.3, 0.4) is 0 Å². The van der Waals surface area contributed by atoms with Crippen molar-refractivity contribution < 1.29 is 17.9 Å². The number of ether oxygens (including phenoxy) is 1. The summed E-state index contributed by atoms with van der Waals surface area (Å²) < 4.78 is 35.1. The van der Waals surface area contributed by atoms with Gasteiger partial charge in [-0.2, -0.15) is 0 Å². The minimum Gasteiger partial charge on any atom is -0.487 e. The summed E-state index contributed by atoms with van der Waals surface area (Å²) in [6.45, 7) is 3.42. The second-order valence-corrected chi connectivity index (χ2v) is 11.7. The van der Waals surface area contributed by atoms with Gasteiger partial charge in [0.15, 0.2) is 0 Å². The van der Waals surface area contributed by atoms with Gasteiger partial charge in [-0.05, 0) is 61.2 Å². The molecule has 0 atom stereocenters. The molecule has 38 heavy (non-hydrogen) atoms. The molecule has 1 saturated carbocycles. The van der Waals surface area contributed by atoms with Gasteiger partial charge in [-0.15, -0.1) is 0 Å². The summed E-state index contributed by atoms with van der Waals surface area (Å²) in [5, 5.41) is 1.08. The number of carbonyl (C=O) groups excluding carboxylic acids is 1. The number of hydrogen-bond donors (Lipinski definition) is 0. The van der Waals surface area contributed by atoms with Crippen molar-refractivity contribution in [2.45, 2.75) is 63.0 Å². The van der Waals surface area contributed by atoms with E-state index in [0.29, 0.717) is 30.8 Å². The van der Waals surface area contributed by atoms with E-state index in [0.717, 1.165) is 45.7 Å². The van der Waals surface area contributed by atoms with Crippen LogP contribution in [0.4, 0.5) is 0 Å². The van der Waals surface area contributed by atoms with Crippen molar-refractivity contribution in [3.05, 3.63) is 102 Å². The van der Waals surface area contributed by atoms with Crippen molar-refractivity contribution in [2.75, 3.05) is 0 Å². The first-order valence-electron chi connectivity index (χ1n) is 13.0. The van der Waals surface area contributed by atoms with Crippen LogP contribution in [0.25, 0.3) is 10.9 Å². The Hall–Kier alpha value is -3.71. The molecule has 1 amide bonds. The van der Waals surface area contributed by atoms with Gasteiger partial charge in [0.1, 0.15) is 12.4 Å². The number of pyridine rings is 1. The number of rotatable bonds is 7. The van der Waals surface area contributed by atoms with E-state index in [1.54, 1.807) is 31.2 Å². The van der Waals surface area contributed by atoms with Crippen molar-refractivity contribution in [1.29, 1.82) is 0 Å². The topological polar surface area (TPSA) is 76.6 Å².